The lowest BCUT2D eigenvalue weighted by Crippen LogP contribution is -2.49. The Kier molecular flexibility index (Phi) is 8.78. The first-order chi connectivity index (χ1) is 7.56. The van der Waals surface area contributed by atoms with Crippen LogP contribution in [-0.4, -0.2) is 54.9 Å². The van der Waals surface area contributed by atoms with Gasteiger partial charge in [-0.1, -0.05) is 13.3 Å². The van der Waals surface area contributed by atoms with Crippen LogP contribution in [0.3, 0.4) is 0 Å². The second-order valence-electron chi connectivity index (χ2n) is 4.06. The first kappa shape index (κ1) is 15.8. The topological polar surface area (TPSA) is 84.9 Å². The third-order valence-corrected chi connectivity index (χ3v) is 2.45. The molecule has 0 aliphatic carbocycles. The molecular weight excluding hydrogens is 210 g/mol. The Bertz CT molecular complexity index is 168. The summed E-state index contributed by atoms with van der Waals surface area (Å²) in [4.78, 5) is 0. The molecule has 0 saturated heterocycles. The van der Waals surface area contributed by atoms with Crippen molar-refractivity contribution in [1.29, 1.82) is 0 Å². The van der Waals surface area contributed by atoms with E-state index in [9.17, 15) is 5.11 Å². The molecule has 0 aliphatic heterocycles. The van der Waals surface area contributed by atoms with Gasteiger partial charge in [-0.15, -0.1) is 0 Å². The van der Waals surface area contributed by atoms with Gasteiger partial charge in [-0.25, -0.2) is 0 Å². The summed E-state index contributed by atoms with van der Waals surface area (Å²) in [7, 11) is 1.55. The number of aliphatic hydroxyl groups excluding tert-OH is 2. The highest BCUT2D eigenvalue weighted by Crippen LogP contribution is 2.10. The highest BCUT2D eigenvalue weighted by molar-refractivity contribution is 4.81. The summed E-state index contributed by atoms with van der Waals surface area (Å²) < 4.78 is 10.5. The van der Waals surface area contributed by atoms with Gasteiger partial charge in [0.15, 0.2) is 0 Å². The van der Waals surface area contributed by atoms with Crippen molar-refractivity contribution in [2.45, 2.75) is 51.0 Å². The molecule has 98 valence electrons. The molecule has 0 saturated carbocycles. The summed E-state index contributed by atoms with van der Waals surface area (Å²) in [6.07, 6.45) is 0.201. The summed E-state index contributed by atoms with van der Waals surface area (Å²) in [5.41, 5.74) is 5.90. The molecule has 5 nitrogen and oxygen atoms in total. The average Bonchev–Trinajstić information content (AvgIpc) is 2.27. The number of hydrogen-bond acceptors (Lipinski definition) is 5. The molecule has 16 heavy (non-hydrogen) atoms. The van der Waals surface area contributed by atoms with E-state index < -0.39 is 18.2 Å². The number of rotatable bonds is 9. The van der Waals surface area contributed by atoms with Gasteiger partial charge >= 0.3 is 0 Å². The highest BCUT2D eigenvalue weighted by Gasteiger charge is 2.26. The molecule has 0 aliphatic rings. The van der Waals surface area contributed by atoms with Gasteiger partial charge in [0.1, 0.15) is 0 Å². The molecule has 4 unspecified atom stereocenters. The standard InChI is InChI=1S/C11H25NO4/c1-4-5-9(14)11(12)10(7-15-3)16-8(2)6-13/h8-11,13-14H,4-7,12H2,1-3H3. The second-order valence-corrected chi connectivity index (χ2v) is 4.06. The van der Waals surface area contributed by atoms with Crippen molar-refractivity contribution in [2.24, 2.45) is 5.73 Å². The van der Waals surface area contributed by atoms with Crippen molar-refractivity contribution < 1.29 is 19.7 Å². The van der Waals surface area contributed by atoms with Gasteiger partial charge in [-0.05, 0) is 13.3 Å². The maximum Gasteiger partial charge on any atom is 0.0988 e. The molecule has 0 fully saturated rings. The molecule has 0 bridgehead atoms. The van der Waals surface area contributed by atoms with Crippen LogP contribution in [0.25, 0.3) is 0 Å². The van der Waals surface area contributed by atoms with Crippen molar-refractivity contribution in [3.05, 3.63) is 0 Å². The average molecular weight is 235 g/mol. The molecule has 0 spiro atoms. The highest BCUT2D eigenvalue weighted by atomic mass is 16.5. The van der Waals surface area contributed by atoms with Crippen molar-refractivity contribution in [1.82, 2.24) is 0 Å². The summed E-state index contributed by atoms with van der Waals surface area (Å²) >= 11 is 0. The van der Waals surface area contributed by atoms with Gasteiger partial charge in [-0.3, -0.25) is 0 Å². The normalized spacial score (nSPS) is 19.1. The first-order valence-corrected chi connectivity index (χ1v) is 5.75. The molecule has 0 aromatic carbocycles. The van der Waals surface area contributed by atoms with Crippen LogP contribution in [0.2, 0.25) is 0 Å². The lowest BCUT2D eigenvalue weighted by Gasteiger charge is -2.29. The van der Waals surface area contributed by atoms with Crippen molar-refractivity contribution in [3.8, 4) is 0 Å². The fourth-order valence-corrected chi connectivity index (χ4v) is 1.48. The molecule has 0 heterocycles. The summed E-state index contributed by atoms with van der Waals surface area (Å²) in [6.45, 7) is 3.98. The number of nitrogens with two attached hydrogens (primary N) is 1. The lowest BCUT2D eigenvalue weighted by molar-refractivity contribution is -0.0867. The van der Waals surface area contributed by atoms with Gasteiger partial charge in [0.2, 0.25) is 0 Å². The molecule has 0 aromatic rings. The summed E-state index contributed by atoms with van der Waals surface area (Å²) in [5.74, 6) is 0. The van der Waals surface area contributed by atoms with E-state index in [1.54, 1.807) is 14.0 Å². The molecule has 0 radical (unpaired) electrons. The quantitative estimate of drug-likeness (QED) is 0.519. The third-order valence-electron chi connectivity index (χ3n) is 2.45. The zero-order valence-electron chi connectivity index (χ0n) is 10.4. The maximum atomic E-state index is 9.78. The Balaban J connectivity index is 4.26. The number of hydrogen-bond donors (Lipinski definition) is 3. The molecular formula is C11H25NO4. The van der Waals surface area contributed by atoms with E-state index in [-0.39, 0.29) is 12.7 Å². The smallest absolute Gasteiger partial charge is 0.0988 e. The van der Waals surface area contributed by atoms with Crippen molar-refractivity contribution in [2.75, 3.05) is 20.3 Å². The van der Waals surface area contributed by atoms with E-state index in [0.717, 1.165) is 6.42 Å². The van der Waals surface area contributed by atoms with E-state index in [4.69, 9.17) is 20.3 Å². The Labute approximate surface area is 97.5 Å². The van der Waals surface area contributed by atoms with E-state index in [2.05, 4.69) is 0 Å². The minimum Gasteiger partial charge on any atom is -0.394 e. The fourth-order valence-electron chi connectivity index (χ4n) is 1.48. The SMILES string of the molecule is CCCC(O)C(N)C(COC)OC(C)CO. The van der Waals surface area contributed by atoms with Crippen molar-refractivity contribution in [3.63, 3.8) is 0 Å². The van der Waals surface area contributed by atoms with E-state index in [0.29, 0.717) is 13.0 Å². The molecule has 4 N–H and O–H groups in total. The lowest BCUT2D eigenvalue weighted by atomic mass is 10.0. The van der Waals surface area contributed by atoms with Gasteiger partial charge < -0.3 is 25.4 Å². The van der Waals surface area contributed by atoms with Gasteiger partial charge in [0, 0.05) is 7.11 Å². The van der Waals surface area contributed by atoms with Crippen LogP contribution in [0.5, 0.6) is 0 Å². The zero-order valence-corrected chi connectivity index (χ0v) is 10.4. The fraction of sp³-hybridized carbons (Fsp3) is 1.00. The number of aliphatic hydroxyl groups is 2. The van der Waals surface area contributed by atoms with Crippen LogP contribution in [0, 0.1) is 0 Å². The maximum absolute atomic E-state index is 9.78. The van der Waals surface area contributed by atoms with Crippen LogP contribution in [-0.2, 0) is 9.47 Å². The van der Waals surface area contributed by atoms with Crippen LogP contribution < -0.4 is 5.73 Å². The van der Waals surface area contributed by atoms with Crippen LogP contribution in [0.4, 0.5) is 0 Å². The van der Waals surface area contributed by atoms with E-state index >= 15 is 0 Å². The Morgan fingerprint density at radius 1 is 1.38 bits per heavy atom. The predicted molar refractivity (Wildman–Crippen MR) is 62.2 cm³/mol. The number of methoxy groups -OCH3 is 1. The Morgan fingerprint density at radius 2 is 2.00 bits per heavy atom. The Morgan fingerprint density at radius 3 is 2.44 bits per heavy atom. The molecule has 0 rings (SSSR count). The second kappa shape index (κ2) is 8.90. The molecule has 0 amide bonds. The predicted octanol–water partition coefficient (Wildman–Crippen LogP) is -0.113. The zero-order chi connectivity index (χ0) is 12.6. The Hall–Kier alpha value is -0.200. The summed E-state index contributed by atoms with van der Waals surface area (Å²) in [6, 6.07) is -0.492. The van der Waals surface area contributed by atoms with Gasteiger partial charge in [-0.2, -0.15) is 0 Å². The molecule has 0 aromatic heterocycles. The minimum atomic E-state index is -0.601. The number of ether oxygens (including phenoxy) is 2. The van der Waals surface area contributed by atoms with Gasteiger partial charge in [0.25, 0.3) is 0 Å². The largest absolute Gasteiger partial charge is 0.394 e. The van der Waals surface area contributed by atoms with E-state index in [1.165, 1.54) is 0 Å². The first-order valence-electron chi connectivity index (χ1n) is 5.75. The molecule has 4 atom stereocenters. The monoisotopic (exact) mass is 235 g/mol. The molecule has 5 heteroatoms. The summed E-state index contributed by atoms with van der Waals surface area (Å²) in [5, 5.41) is 18.7. The van der Waals surface area contributed by atoms with Crippen LogP contribution in [0.15, 0.2) is 0 Å². The van der Waals surface area contributed by atoms with Gasteiger partial charge in [0.05, 0.1) is 37.6 Å². The van der Waals surface area contributed by atoms with E-state index in [1.807, 2.05) is 6.92 Å². The van der Waals surface area contributed by atoms with Crippen LogP contribution in [0.1, 0.15) is 26.7 Å². The minimum absolute atomic E-state index is 0.0726. The van der Waals surface area contributed by atoms with Crippen LogP contribution >= 0.6 is 0 Å². The van der Waals surface area contributed by atoms with Crippen molar-refractivity contribution >= 4 is 0 Å². The third kappa shape index (κ3) is 5.77.